The van der Waals surface area contributed by atoms with Crippen LogP contribution in [0.1, 0.15) is 47.3 Å². The minimum Gasteiger partial charge on any atom is -0.497 e. The lowest BCUT2D eigenvalue weighted by molar-refractivity contribution is 0.0795. The van der Waals surface area contributed by atoms with Crippen LogP contribution in [0.2, 0.25) is 0 Å². The first kappa shape index (κ1) is 21.0. The van der Waals surface area contributed by atoms with Crippen molar-refractivity contribution in [3.63, 3.8) is 0 Å². The van der Waals surface area contributed by atoms with E-state index in [9.17, 15) is 4.79 Å². The van der Waals surface area contributed by atoms with Crippen molar-refractivity contribution in [2.24, 2.45) is 0 Å². The summed E-state index contributed by atoms with van der Waals surface area (Å²) >= 11 is 0. The molecule has 0 bridgehead atoms. The van der Waals surface area contributed by atoms with E-state index < -0.39 is 0 Å². The minimum atomic E-state index is -0.0930. The average Bonchev–Trinajstić information content (AvgIpc) is 3.41. The molecule has 3 aromatic rings. The maximum absolute atomic E-state index is 12.7. The number of nitrogens with zero attached hydrogens (tertiary/aromatic N) is 5. The zero-order valence-electron chi connectivity index (χ0n) is 18.3. The van der Waals surface area contributed by atoms with Crippen molar-refractivity contribution >= 4 is 5.91 Å². The standard InChI is InChI=1S/C22H27N5O4/c1-14(2)27-18-9-11-30-13-17(18)20(24-27)21-23-19(25-31-21)8-10-26(3)22(28)15-6-5-7-16(12-15)29-4/h5-7,12,14H,8-11,13H2,1-4H3. The average molecular weight is 425 g/mol. The lowest BCUT2D eigenvalue weighted by atomic mass is 10.1. The van der Waals surface area contributed by atoms with Gasteiger partial charge in [-0.25, -0.2) is 0 Å². The third-order valence-corrected chi connectivity index (χ3v) is 5.34. The van der Waals surface area contributed by atoms with Crippen molar-refractivity contribution in [2.75, 3.05) is 27.3 Å². The number of fused-ring (bicyclic) bond motifs is 1. The number of ether oxygens (including phenoxy) is 2. The molecule has 4 rings (SSSR count). The summed E-state index contributed by atoms with van der Waals surface area (Å²) in [5, 5.41) is 8.81. The largest absolute Gasteiger partial charge is 0.497 e. The Hall–Kier alpha value is -3.20. The molecule has 0 unspecified atom stereocenters. The van der Waals surface area contributed by atoms with Crippen LogP contribution in [0.4, 0.5) is 0 Å². The van der Waals surface area contributed by atoms with Crippen molar-refractivity contribution in [1.82, 2.24) is 24.8 Å². The number of hydrogen-bond donors (Lipinski definition) is 0. The molecule has 0 fully saturated rings. The number of aromatic nitrogens is 4. The molecule has 3 heterocycles. The van der Waals surface area contributed by atoms with Gasteiger partial charge >= 0.3 is 0 Å². The van der Waals surface area contributed by atoms with E-state index in [1.54, 1.807) is 37.3 Å². The third kappa shape index (κ3) is 4.32. The van der Waals surface area contributed by atoms with Crippen molar-refractivity contribution in [3.05, 3.63) is 46.9 Å². The molecule has 0 N–H and O–H groups in total. The first-order valence-electron chi connectivity index (χ1n) is 10.4. The summed E-state index contributed by atoms with van der Waals surface area (Å²) < 4.78 is 18.3. The van der Waals surface area contributed by atoms with E-state index in [0.29, 0.717) is 54.9 Å². The third-order valence-electron chi connectivity index (χ3n) is 5.34. The Bertz CT molecular complexity index is 1070. The van der Waals surface area contributed by atoms with Gasteiger partial charge < -0.3 is 18.9 Å². The molecule has 0 saturated carbocycles. The molecule has 9 nitrogen and oxygen atoms in total. The van der Waals surface area contributed by atoms with Crippen LogP contribution >= 0.6 is 0 Å². The highest BCUT2D eigenvalue weighted by Gasteiger charge is 2.26. The number of benzene rings is 1. The highest BCUT2D eigenvalue weighted by Crippen LogP contribution is 2.30. The van der Waals surface area contributed by atoms with Crippen LogP contribution in [0, 0.1) is 0 Å². The van der Waals surface area contributed by atoms with E-state index in [2.05, 4.69) is 24.0 Å². The van der Waals surface area contributed by atoms with Gasteiger partial charge in [-0.1, -0.05) is 11.2 Å². The number of amides is 1. The molecule has 0 atom stereocenters. The van der Waals surface area contributed by atoms with Crippen LogP contribution in [-0.4, -0.2) is 58.0 Å². The predicted octanol–water partition coefficient (Wildman–Crippen LogP) is 2.91. The van der Waals surface area contributed by atoms with Gasteiger partial charge in [0.1, 0.15) is 5.75 Å². The van der Waals surface area contributed by atoms with Gasteiger partial charge in [0, 0.05) is 49.3 Å². The maximum Gasteiger partial charge on any atom is 0.278 e. The molecular formula is C22H27N5O4. The van der Waals surface area contributed by atoms with Crippen molar-refractivity contribution < 1.29 is 18.8 Å². The first-order valence-corrected chi connectivity index (χ1v) is 10.4. The fourth-order valence-electron chi connectivity index (χ4n) is 3.66. The van der Waals surface area contributed by atoms with Crippen molar-refractivity contribution in [2.45, 2.75) is 39.3 Å². The van der Waals surface area contributed by atoms with Gasteiger partial charge in [-0.05, 0) is 32.0 Å². The summed E-state index contributed by atoms with van der Waals surface area (Å²) in [7, 11) is 3.33. The number of hydrogen-bond acceptors (Lipinski definition) is 7. The highest BCUT2D eigenvalue weighted by atomic mass is 16.5. The molecule has 1 aliphatic rings. The molecule has 1 aromatic carbocycles. The molecule has 0 spiro atoms. The summed E-state index contributed by atoms with van der Waals surface area (Å²) in [6.45, 7) is 5.83. The van der Waals surface area contributed by atoms with Crippen molar-refractivity contribution in [3.8, 4) is 17.3 Å². The summed E-state index contributed by atoms with van der Waals surface area (Å²) in [5.74, 6) is 1.47. The second-order valence-corrected chi connectivity index (χ2v) is 7.84. The lowest BCUT2D eigenvalue weighted by Crippen LogP contribution is -2.29. The van der Waals surface area contributed by atoms with E-state index in [1.807, 2.05) is 10.7 Å². The summed E-state index contributed by atoms with van der Waals surface area (Å²) in [4.78, 5) is 18.8. The summed E-state index contributed by atoms with van der Waals surface area (Å²) in [6, 6.07) is 7.33. The van der Waals surface area contributed by atoms with Crippen LogP contribution < -0.4 is 4.74 Å². The van der Waals surface area contributed by atoms with E-state index in [-0.39, 0.29) is 11.9 Å². The molecule has 1 aliphatic heterocycles. The molecule has 2 aromatic heterocycles. The van der Waals surface area contributed by atoms with Gasteiger partial charge in [0.15, 0.2) is 11.5 Å². The number of likely N-dealkylation sites (N-methyl/N-ethyl adjacent to an activating group) is 1. The van der Waals surface area contributed by atoms with Gasteiger partial charge in [0.25, 0.3) is 11.8 Å². The molecule has 1 amide bonds. The fraction of sp³-hybridized carbons (Fsp3) is 0.455. The Labute approximate surface area is 180 Å². The van der Waals surface area contributed by atoms with Gasteiger partial charge in [-0.15, -0.1) is 0 Å². The Balaban J connectivity index is 1.46. The van der Waals surface area contributed by atoms with Crippen LogP contribution in [0.25, 0.3) is 11.6 Å². The molecular weight excluding hydrogens is 398 g/mol. The van der Waals surface area contributed by atoms with Gasteiger partial charge in [-0.2, -0.15) is 10.1 Å². The zero-order valence-corrected chi connectivity index (χ0v) is 18.3. The minimum absolute atomic E-state index is 0.0930. The monoisotopic (exact) mass is 425 g/mol. The van der Waals surface area contributed by atoms with Gasteiger partial charge in [0.2, 0.25) is 0 Å². The van der Waals surface area contributed by atoms with Crippen LogP contribution in [-0.2, 0) is 24.2 Å². The van der Waals surface area contributed by atoms with Crippen molar-refractivity contribution in [1.29, 1.82) is 0 Å². The second-order valence-electron chi connectivity index (χ2n) is 7.84. The van der Waals surface area contributed by atoms with Crippen LogP contribution in [0.15, 0.2) is 28.8 Å². The molecule has 0 aliphatic carbocycles. The fourth-order valence-corrected chi connectivity index (χ4v) is 3.66. The summed E-state index contributed by atoms with van der Waals surface area (Å²) in [5.41, 5.74) is 3.43. The van der Waals surface area contributed by atoms with E-state index in [4.69, 9.17) is 19.1 Å². The Morgan fingerprint density at radius 2 is 2.19 bits per heavy atom. The molecule has 164 valence electrons. The van der Waals surface area contributed by atoms with Gasteiger partial charge in [0.05, 0.1) is 20.3 Å². The SMILES string of the molecule is COc1cccc(C(=O)N(C)CCc2noc(-c3nn(C(C)C)c4c3COCC4)n2)c1. The highest BCUT2D eigenvalue weighted by molar-refractivity contribution is 5.94. The Kier molecular flexibility index (Phi) is 6.03. The molecule has 0 saturated heterocycles. The topological polar surface area (TPSA) is 95.5 Å². The number of methoxy groups -OCH3 is 1. The number of rotatable bonds is 7. The lowest BCUT2D eigenvalue weighted by Gasteiger charge is -2.16. The zero-order chi connectivity index (χ0) is 22.0. The first-order chi connectivity index (χ1) is 15.0. The Morgan fingerprint density at radius 3 is 2.97 bits per heavy atom. The molecule has 31 heavy (non-hydrogen) atoms. The van der Waals surface area contributed by atoms with E-state index in [1.165, 1.54) is 5.69 Å². The molecule has 0 radical (unpaired) electrons. The normalized spacial score (nSPS) is 13.3. The Morgan fingerprint density at radius 1 is 1.35 bits per heavy atom. The van der Waals surface area contributed by atoms with Gasteiger partial charge in [-0.3, -0.25) is 9.48 Å². The summed E-state index contributed by atoms with van der Waals surface area (Å²) in [6.07, 6.45) is 1.29. The number of carbonyl (C=O) groups excluding carboxylic acids is 1. The predicted molar refractivity (Wildman–Crippen MR) is 113 cm³/mol. The smallest absolute Gasteiger partial charge is 0.278 e. The van der Waals surface area contributed by atoms with Crippen LogP contribution in [0.5, 0.6) is 5.75 Å². The van der Waals surface area contributed by atoms with E-state index >= 15 is 0 Å². The maximum atomic E-state index is 12.7. The molecule has 9 heteroatoms. The second kappa shape index (κ2) is 8.89. The van der Waals surface area contributed by atoms with E-state index in [0.717, 1.165) is 12.0 Å². The number of carbonyl (C=O) groups is 1. The quantitative estimate of drug-likeness (QED) is 0.574. The van der Waals surface area contributed by atoms with Crippen LogP contribution in [0.3, 0.4) is 0 Å².